The van der Waals surface area contributed by atoms with Crippen LogP contribution in [0.1, 0.15) is 12.0 Å². The van der Waals surface area contributed by atoms with E-state index in [-0.39, 0.29) is 36.0 Å². The van der Waals surface area contributed by atoms with E-state index in [9.17, 15) is 14.7 Å². The van der Waals surface area contributed by atoms with Crippen LogP contribution in [-0.4, -0.2) is 18.0 Å². The average molecular weight is 244 g/mol. The standard InChI is InChI=1S/C11H14N2O3.Na/c12-11(16)13-9(10(14)15)7-6-8-4-2-1-3-5-8;/h1-5,9H,6-7H2,(H,14,15)(H3,12,13,16);/q;+1/p-1/t9-;/m1./s1. The van der Waals surface area contributed by atoms with Gasteiger partial charge in [0.05, 0.1) is 12.0 Å². The van der Waals surface area contributed by atoms with Crippen molar-refractivity contribution in [3.8, 4) is 0 Å². The van der Waals surface area contributed by atoms with Crippen LogP contribution < -0.4 is 45.7 Å². The van der Waals surface area contributed by atoms with Crippen molar-refractivity contribution in [2.75, 3.05) is 0 Å². The second-order valence-corrected chi connectivity index (χ2v) is 3.40. The maximum Gasteiger partial charge on any atom is 1.00 e. The third-order valence-electron chi connectivity index (χ3n) is 2.17. The number of aliphatic carboxylic acids is 1. The summed E-state index contributed by atoms with van der Waals surface area (Å²) in [5, 5.41) is 12.8. The van der Waals surface area contributed by atoms with Crippen LogP contribution in [-0.2, 0) is 11.2 Å². The van der Waals surface area contributed by atoms with Gasteiger partial charge in [-0.25, -0.2) is 4.79 Å². The number of hydrogen-bond donors (Lipinski definition) is 2. The number of carboxylic acids is 1. The molecule has 0 radical (unpaired) electrons. The van der Waals surface area contributed by atoms with Crippen LogP contribution in [0.3, 0.4) is 0 Å². The van der Waals surface area contributed by atoms with Crippen molar-refractivity contribution in [2.45, 2.75) is 18.9 Å². The molecule has 2 amide bonds. The van der Waals surface area contributed by atoms with E-state index in [4.69, 9.17) is 5.73 Å². The Labute approximate surface area is 122 Å². The predicted molar refractivity (Wildman–Crippen MR) is 56.3 cm³/mol. The Kier molecular flexibility index (Phi) is 7.61. The number of nitrogens with one attached hydrogen (secondary N) is 1. The minimum Gasteiger partial charge on any atom is -0.548 e. The predicted octanol–water partition coefficient (Wildman–Crippen LogP) is -3.59. The van der Waals surface area contributed by atoms with Gasteiger partial charge in [0.15, 0.2) is 0 Å². The number of nitrogens with two attached hydrogens (primary N) is 1. The molecule has 17 heavy (non-hydrogen) atoms. The fraction of sp³-hybridized carbons (Fsp3) is 0.273. The minimum absolute atomic E-state index is 0. The summed E-state index contributed by atoms with van der Waals surface area (Å²) in [6.07, 6.45) is 0.801. The Morgan fingerprint density at radius 2 is 1.88 bits per heavy atom. The third-order valence-corrected chi connectivity index (χ3v) is 2.17. The zero-order valence-electron chi connectivity index (χ0n) is 9.68. The van der Waals surface area contributed by atoms with Crippen LogP contribution >= 0.6 is 0 Å². The van der Waals surface area contributed by atoms with E-state index < -0.39 is 18.0 Å². The van der Waals surface area contributed by atoms with Gasteiger partial charge in [0.25, 0.3) is 0 Å². The molecule has 0 saturated carbocycles. The van der Waals surface area contributed by atoms with E-state index in [1.165, 1.54) is 0 Å². The molecule has 0 aliphatic carbocycles. The van der Waals surface area contributed by atoms with E-state index in [0.29, 0.717) is 6.42 Å². The molecule has 0 aliphatic heterocycles. The number of rotatable bonds is 5. The first-order valence-corrected chi connectivity index (χ1v) is 4.90. The molecule has 1 aromatic carbocycles. The van der Waals surface area contributed by atoms with Crippen molar-refractivity contribution < 1.29 is 44.3 Å². The topological polar surface area (TPSA) is 95.2 Å². The molecule has 0 spiro atoms. The van der Waals surface area contributed by atoms with Gasteiger partial charge >= 0.3 is 35.6 Å². The zero-order valence-corrected chi connectivity index (χ0v) is 11.7. The van der Waals surface area contributed by atoms with Crippen molar-refractivity contribution in [1.29, 1.82) is 0 Å². The first-order valence-electron chi connectivity index (χ1n) is 4.90. The number of carboxylic acid groups (broad SMARTS) is 1. The van der Waals surface area contributed by atoms with E-state index in [1.807, 2.05) is 30.3 Å². The Morgan fingerprint density at radius 3 is 2.35 bits per heavy atom. The van der Waals surface area contributed by atoms with Gasteiger partial charge in [-0.3, -0.25) is 0 Å². The largest absolute Gasteiger partial charge is 1.00 e. The monoisotopic (exact) mass is 244 g/mol. The molecule has 86 valence electrons. The summed E-state index contributed by atoms with van der Waals surface area (Å²) in [4.78, 5) is 21.2. The summed E-state index contributed by atoms with van der Waals surface area (Å²) in [6, 6.07) is 7.48. The molecule has 0 heterocycles. The Morgan fingerprint density at radius 1 is 1.29 bits per heavy atom. The maximum atomic E-state index is 10.7. The van der Waals surface area contributed by atoms with Gasteiger partial charge in [0.1, 0.15) is 0 Å². The van der Waals surface area contributed by atoms with Crippen LogP contribution in [0, 0.1) is 0 Å². The first kappa shape index (κ1) is 16.0. The number of carbonyl (C=O) groups excluding carboxylic acids is 2. The maximum absolute atomic E-state index is 10.7. The molecule has 6 heteroatoms. The molecular formula is C11H13N2NaO3. The number of benzene rings is 1. The molecular weight excluding hydrogens is 231 g/mol. The van der Waals surface area contributed by atoms with Gasteiger partial charge in [0.2, 0.25) is 0 Å². The average Bonchev–Trinajstić information content (AvgIpc) is 2.25. The second kappa shape index (κ2) is 8.11. The van der Waals surface area contributed by atoms with Gasteiger partial charge in [0, 0.05) is 0 Å². The molecule has 3 N–H and O–H groups in total. The van der Waals surface area contributed by atoms with Crippen molar-refractivity contribution in [3.05, 3.63) is 35.9 Å². The number of aryl methyl sites for hydroxylation is 1. The molecule has 0 aliphatic rings. The Hall–Kier alpha value is -1.04. The van der Waals surface area contributed by atoms with Gasteiger partial charge < -0.3 is 21.0 Å². The molecule has 0 fully saturated rings. The van der Waals surface area contributed by atoms with Crippen molar-refractivity contribution >= 4 is 12.0 Å². The fourth-order valence-electron chi connectivity index (χ4n) is 1.38. The summed E-state index contributed by atoms with van der Waals surface area (Å²) < 4.78 is 0. The molecule has 0 aromatic heterocycles. The number of urea groups is 1. The van der Waals surface area contributed by atoms with E-state index in [1.54, 1.807) is 0 Å². The molecule has 5 nitrogen and oxygen atoms in total. The smallest absolute Gasteiger partial charge is 0.548 e. The summed E-state index contributed by atoms with van der Waals surface area (Å²) in [7, 11) is 0. The quantitative estimate of drug-likeness (QED) is 0.524. The third kappa shape index (κ3) is 6.31. The van der Waals surface area contributed by atoms with Gasteiger partial charge in [-0.1, -0.05) is 30.3 Å². The molecule has 0 unspecified atom stereocenters. The van der Waals surface area contributed by atoms with Crippen molar-refractivity contribution in [2.24, 2.45) is 5.73 Å². The normalized spacial score (nSPS) is 11.1. The Bertz CT molecular complexity index is 370. The molecule has 1 rings (SSSR count). The fourth-order valence-corrected chi connectivity index (χ4v) is 1.38. The van der Waals surface area contributed by atoms with Crippen LogP contribution in [0.2, 0.25) is 0 Å². The molecule has 0 saturated heterocycles. The van der Waals surface area contributed by atoms with E-state index in [0.717, 1.165) is 5.56 Å². The van der Waals surface area contributed by atoms with E-state index >= 15 is 0 Å². The van der Waals surface area contributed by atoms with Crippen LogP contribution in [0.25, 0.3) is 0 Å². The van der Waals surface area contributed by atoms with Crippen molar-refractivity contribution in [3.63, 3.8) is 0 Å². The van der Waals surface area contributed by atoms with Crippen LogP contribution in [0.5, 0.6) is 0 Å². The van der Waals surface area contributed by atoms with Crippen LogP contribution in [0.15, 0.2) is 30.3 Å². The molecule has 0 bridgehead atoms. The van der Waals surface area contributed by atoms with Crippen molar-refractivity contribution in [1.82, 2.24) is 5.32 Å². The number of primary amides is 1. The summed E-state index contributed by atoms with van der Waals surface area (Å²) in [5.74, 6) is -1.32. The number of hydrogen-bond acceptors (Lipinski definition) is 3. The summed E-state index contributed by atoms with van der Waals surface area (Å²) >= 11 is 0. The summed E-state index contributed by atoms with van der Waals surface area (Å²) in [5.41, 5.74) is 5.86. The zero-order chi connectivity index (χ0) is 12.0. The molecule has 1 atom stereocenters. The summed E-state index contributed by atoms with van der Waals surface area (Å²) in [6.45, 7) is 0. The van der Waals surface area contributed by atoms with E-state index in [2.05, 4.69) is 5.32 Å². The van der Waals surface area contributed by atoms with Gasteiger partial charge in [-0.15, -0.1) is 0 Å². The second-order valence-electron chi connectivity index (χ2n) is 3.40. The van der Waals surface area contributed by atoms with Gasteiger partial charge in [-0.2, -0.15) is 0 Å². The molecule has 1 aromatic rings. The number of carbonyl (C=O) groups is 2. The van der Waals surface area contributed by atoms with Gasteiger partial charge in [-0.05, 0) is 18.4 Å². The number of amides is 2. The minimum atomic E-state index is -1.32. The Balaban J connectivity index is 0.00000256. The SMILES string of the molecule is NC(=O)N[C@H](CCc1ccccc1)C(=O)[O-].[Na+]. The van der Waals surface area contributed by atoms with Crippen LogP contribution in [0.4, 0.5) is 4.79 Å². The first-order chi connectivity index (χ1) is 7.59.